The molecule has 1 heterocycles. The lowest BCUT2D eigenvalue weighted by Gasteiger charge is -2.35. The summed E-state index contributed by atoms with van der Waals surface area (Å²) in [5.41, 5.74) is 1.58. The van der Waals surface area contributed by atoms with Gasteiger partial charge in [-0.05, 0) is 18.4 Å². The maximum Gasteiger partial charge on any atom is 0.369 e. The van der Waals surface area contributed by atoms with Crippen molar-refractivity contribution in [3.63, 3.8) is 0 Å². The maximum atomic E-state index is 12.9. The van der Waals surface area contributed by atoms with E-state index >= 15 is 0 Å². The van der Waals surface area contributed by atoms with Crippen LogP contribution in [0.5, 0.6) is 0 Å². The first-order chi connectivity index (χ1) is 12.0. The van der Waals surface area contributed by atoms with Crippen molar-refractivity contribution in [2.24, 2.45) is 0 Å². The van der Waals surface area contributed by atoms with Crippen LogP contribution in [-0.2, 0) is 19.2 Å². The van der Waals surface area contributed by atoms with Crippen LogP contribution < -0.4 is 4.65 Å². The molecule has 1 fully saturated rings. The Labute approximate surface area is 147 Å². The molecule has 5 heteroatoms. The van der Waals surface area contributed by atoms with Gasteiger partial charge >= 0.3 is 11.9 Å². The van der Waals surface area contributed by atoms with Crippen molar-refractivity contribution >= 4 is 28.3 Å². The van der Waals surface area contributed by atoms with Crippen LogP contribution in [0, 0.1) is 6.92 Å². The average Bonchev–Trinajstić information content (AvgIpc) is 3.03. The van der Waals surface area contributed by atoms with Crippen molar-refractivity contribution in [1.82, 2.24) is 4.65 Å². The van der Waals surface area contributed by atoms with Gasteiger partial charge in [-0.15, -0.1) is 6.58 Å². The fraction of sp³-hybridized carbons (Fsp3) is 0.300. The van der Waals surface area contributed by atoms with Crippen LogP contribution in [-0.4, -0.2) is 31.1 Å². The Hall–Kier alpha value is -2.50. The van der Waals surface area contributed by atoms with Gasteiger partial charge in [-0.25, -0.2) is 9.59 Å². The molecule has 2 atom stereocenters. The maximum absolute atomic E-state index is 12.9. The zero-order valence-corrected chi connectivity index (χ0v) is 14.5. The second-order valence-corrected chi connectivity index (χ2v) is 6.19. The van der Waals surface area contributed by atoms with Crippen LogP contribution in [0.3, 0.4) is 0 Å². The van der Waals surface area contributed by atoms with E-state index in [1.165, 1.54) is 6.92 Å². The monoisotopic (exact) mass is 340 g/mol. The number of ether oxygens (including phenoxy) is 1. The Bertz CT molecular complexity index is 845. The lowest BCUT2D eigenvalue weighted by molar-refractivity contribution is -0.190. The van der Waals surface area contributed by atoms with E-state index in [0.29, 0.717) is 12.1 Å². The average molecular weight is 340 g/mol. The molecule has 3 rings (SSSR count). The SMILES string of the molecule is C=CCO[N+](C(C)=O)(c1c(C)ccc2ccccc12)C1CCOC1=O. The highest BCUT2D eigenvalue weighted by Crippen LogP contribution is 2.40. The zero-order chi connectivity index (χ0) is 18.0. The smallest absolute Gasteiger partial charge is 0.369 e. The van der Waals surface area contributed by atoms with E-state index in [1.54, 1.807) is 6.08 Å². The summed E-state index contributed by atoms with van der Waals surface area (Å²) in [6.45, 7) is 7.50. The molecule has 2 aromatic rings. The first-order valence-electron chi connectivity index (χ1n) is 8.33. The molecule has 1 saturated heterocycles. The number of benzene rings is 2. The molecule has 0 N–H and O–H groups in total. The van der Waals surface area contributed by atoms with Gasteiger partial charge in [-0.2, -0.15) is 4.84 Å². The van der Waals surface area contributed by atoms with Crippen molar-refractivity contribution in [3.8, 4) is 0 Å². The van der Waals surface area contributed by atoms with E-state index in [9.17, 15) is 9.59 Å². The van der Waals surface area contributed by atoms with E-state index in [0.717, 1.165) is 16.3 Å². The number of aryl methyl sites for hydroxylation is 1. The molecule has 0 radical (unpaired) electrons. The van der Waals surface area contributed by atoms with Crippen molar-refractivity contribution in [3.05, 3.63) is 54.6 Å². The molecule has 0 spiro atoms. The first kappa shape index (κ1) is 17.3. The minimum Gasteiger partial charge on any atom is -0.461 e. The number of carbonyl (C=O) groups excluding carboxylic acids is 2. The molecule has 0 aliphatic carbocycles. The number of quaternary nitrogens is 1. The molecule has 25 heavy (non-hydrogen) atoms. The summed E-state index contributed by atoms with van der Waals surface area (Å²) in [5, 5.41) is 1.88. The van der Waals surface area contributed by atoms with E-state index in [1.807, 2.05) is 43.3 Å². The van der Waals surface area contributed by atoms with Gasteiger partial charge in [0.05, 0.1) is 13.5 Å². The summed E-state index contributed by atoms with van der Waals surface area (Å²) < 4.78 is 4.66. The highest BCUT2D eigenvalue weighted by Gasteiger charge is 2.55. The Balaban J connectivity index is 2.35. The van der Waals surface area contributed by atoms with Crippen LogP contribution in [0.4, 0.5) is 5.69 Å². The fourth-order valence-corrected chi connectivity index (χ4v) is 3.57. The number of hydrogen-bond acceptors (Lipinski definition) is 4. The van der Waals surface area contributed by atoms with E-state index < -0.39 is 16.7 Å². The number of amides is 1. The Morgan fingerprint density at radius 1 is 1.36 bits per heavy atom. The van der Waals surface area contributed by atoms with Crippen LogP contribution >= 0.6 is 0 Å². The number of fused-ring (bicyclic) bond motifs is 1. The third kappa shape index (κ3) is 2.75. The molecule has 1 aliphatic heterocycles. The lowest BCUT2D eigenvalue weighted by Crippen LogP contribution is -2.62. The number of hydroxylamine groups is 2. The Morgan fingerprint density at radius 2 is 2.12 bits per heavy atom. The third-order valence-electron chi connectivity index (χ3n) is 4.64. The van der Waals surface area contributed by atoms with Gasteiger partial charge < -0.3 is 4.74 Å². The molecule has 1 amide bonds. The summed E-state index contributed by atoms with van der Waals surface area (Å²) in [6, 6.07) is 11.0. The molecule has 5 nitrogen and oxygen atoms in total. The first-order valence-corrected chi connectivity index (χ1v) is 8.33. The molecule has 0 saturated carbocycles. The van der Waals surface area contributed by atoms with Crippen LogP contribution in [0.15, 0.2) is 49.1 Å². The molecule has 130 valence electrons. The van der Waals surface area contributed by atoms with Crippen LogP contribution in [0.2, 0.25) is 0 Å². The minimum absolute atomic E-state index is 0.145. The normalized spacial score (nSPS) is 19.4. The molecule has 2 unspecified atom stereocenters. The number of carbonyl (C=O) groups is 2. The molecule has 1 aliphatic rings. The lowest BCUT2D eigenvalue weighted by atomic mass is 10.0. The zero-order valence-electron chi connectivity index (χ0n) is 14.5. The van der Waals surface area contributed by atoms with Gasteiger partial charge in [0.15, 0.2) is 5.69 Å². The largest absolute Gasteiger partial charge is 0.461 e. The van der Waals surface area contributed by atoms with Gasteiger partial charge in [-0.1, -0.05) is 41.1 Å². The van der Waals surface area contributed by atoms with E-state index in [-0.39, 0.29) is 19.1 Å². The quantitative estimate of drug-likeness (QED) is 0.362. The standard InChI is InChI=1S/C20H22NO4/c1-4-12-25-21(15(3)22,18-11-13-24-20(18)23)19-14(2)9-10-16-7-5-6-8-17(16)19/h4-10,18H,1,11-13H2,2-3H3/q+1. The predicted molar refractivity (Wildman–Crippen MR) is 96.7 cm³/mol. The predicted octanol–water partition coefficient (Wildman–Crippen LogP) is 3.44. The van der Waals surface area contributed by atoms with E-state index in [2.05, 4.69) is 6.58 Å². The summed E-state index contributed by atoms with van der Waals surface area (Å²) in [4.78, 5) is 31.4. The van der Waals surface area contributed by atoms with Gasteiger partial charge in [0, 0.05) is 17.4 Å². The number of nitrogens with zero attached hydrogens (tertiary/aromatic N) is 1. The minimum atomic E-state index is -0.720. The third-order valence-corrected chi connectivity index (χ3v) is 4.64. The summed E-state index contributed by atoms with van der Waals surface area (Å²) in [6.07, 6.45) is 2.01. The van der Waals surface area contributed by atoms with Crippen molar-refractivity contribution in [2.45, 2.75) is 26.3 Å². The summed E-state index contributed by atoms with van der Waals surface area (Å²) in [7, 11) is 0. The number of rotatable bonds is 5. The number of hydrogen-bond donors (Lipinski definition) is 0. The molecular weight excluding hydrogens is 318 g/mol. The number of cyclic esters (lactones) is 1. The van der Waals surface area contributed by atoms with Gasteiger partial charge in [0.1, 0.15) is 6.61 Å². The molecule has 0 bridgehead atoms. The highest BCUT2D eigenvalue weighted by atomic mass is 16.7. The fourth-order valence-electron chi connectivity index (χ4n) is 3.57. The Morgan fingerprint density at radius 3 is 2.76 bits per heavy atom. The van der Waals surface area contributed by atoms with Gasteiger partial charge in [-0.3, -0.25) is 0 Å². The highest BCUT2D eigenvalue weighted by molar-refractivity contribution is 6.03. The number of esters is 1. The van der Waals surface area contributed by atoms with Crippen LogP contribution in [0.1, 0.15) is 18.9 Å². The molecular formula is C20H22NO4+. The summed E-state index contributed by atoms with van der Waals surface area (Å²) >= 11 is 0. The topological polar surface area (TPSA) is 52.6 Å². The van der Waals surface area contributed by atoms with E-state index in [4.69, 9.17) is 9.57 Å². The summed E-state index contributed by atoms with van der Waals surface area (Å²) in [5.74, 6) is -0.670. The Kier molecular flexibility index (Phi) is 4.70. The van der Waals surface area contributed by atoms with Gasteiger partial charge in [0.2, 0.25) is 6.04 Å². The molecule has 0 aromatic heterocycles. The molecule has 2 aromatic carbocycles. The van der Waals surface area contributed by atoms with Crippen molar-refractivity contribution in [1.29, 1.82) is 0 Å². The van der Waals surface area contributed by atoms with Gasteiger partial charge in [0.25, 0.3) is 0 Å². The van der Waals surface area contributed by atoms with Crippen molar-refractivity contribution < 1.29 is 19.2 Å². The van der Waals surface area contributed by atoms with Crippen LogP contribution in [0.25, 0.3) is 10.8 Å². The second-order valence-electron chi connectivity index (χ2n) is 6.19. The second kappa shape index (κ2) is 6.78. The van der Waals surface area contributed by atoms with Crippen molar-refractivity contribution in [2.75, 3.05) is 13.2 Å².